The summed E-state index contributed by atoms with van der Waals surface area (Å²) in [5.41, 5.74) is 0.853. The smallest absolute Gasteiger partial charge is 0.334 e. The van der Waals surface area contributed by atoms with Crippen LogP contribution in [0.3, 0.4) is 0 Å². The highest BCUT2D eigenvalue weighted by atomic mass is 35.5. The number of rotatable bonds is 4. The first-order valence-corrected chi connectivity index (χ1v) is 7.66. The quantitative estimate of drug-likeness (QED) is 0.923. The predicted octanol–water partition coefficient (Wildman–Crippen LogP) is 2.39. The molecule has 1 aliphatic heterocycles. The van der Waals surface area contributed by atoms with Crippen molar-refractivity contribution in [2.24, 2.45) is 5.92 Å². The van der Waals surface area contributed by atoms with Crippen molar-refractivity contribution in [3.8, 4) is 0 Å². The number of nitrogens with zero attached hydrogens (tertiary/aromatic N) is 1. The van der Waals surface area contributed by atoms with Crippen molar-refractivity contribution < 1.29 is 19.4 Å². The number of hydrogen-bond acceptors (Lipinski definition) is 3. The van der Waals surface area contributed by atoms with Gasteiger partial charge >= 0.3 is 5.97 Å². The first-order valence-electron chi connectivity index (χ1n) is 7.28. The average Bonchev–Trinajstić information content (AvgIpc) is 2.47. The van der Waals surface area contributed by atoms with Crippen molar-refractivity contribution >= 4 is 23.5 Å². The van der Waals surface area contributed by atoms with Crippen LogP contribution in [0.1, 0.15) is 25.3 Å². The fraction of sp³-hybridized carbons (Fsp3) is 0.500. The molecule has 0 radical (unpaired) electrons. The van der Waals surface area contributed by atoms with Gasteiger partial charge in [0.2, 0.25) is 5.91 Å². The highest BCUT2D eigenvalue weighted by Crippen LogP contribution is 2.29. The molecule has 0 aliphatic carbocycles. The zero-order valence-corrected chi connectivity index (χ0v) is 13.4. The SMILES string of the molecule is CC(C)C(C(=O)N1CCOC(C(=O)O)C1)c1cccc(Cl)c1. The van der Waals surface area contributed by atoms with E-state index in [0.29, 0.717) is 11.6 Å². The van der Waals surface area contributed by atoms with Crippen LogP contribution < -0.4 is 0 Å². The lowest BCUT2D eigenvalue weighted by Crippen LogP contribution is -2.50. The second kappa shape index (κ2) is 7.11. The molecular weight excluding hydrogens is 306 g/mol. The molecule has 2 unspecified atom stereocenters. The van der Waals surface area contributed by atoms with E-state index in [4.69, 9.17) is 21.4 Å². The van der Waals surface area contributed by atoms with E-state index in [9.17, 15) is 9.59 Å². The molecule has 120 valence electrons. The number of halogens is 1. The van der Waals surface area contributed by atoms with Crippen LogP contribution >= 0.6 is 11.6 Å². The van der Waals surface area contributed by atoms with Crippen LogP contribution in [0.15, 0.2) is 24.3 Å². The zero-order valence-electron chi connectivity index (χ0n) is 12.7. The van der Waals surface area contributed by atoms with Crippen molar-refractivity contribution in [3.05, 3.63) is 34.9 Å². The fourth-order valence-electron chi connectivity index (χ4n) is 2.71. The van der Waals surface area contributed by atoms with Gasteiger partial charge in [0.25, 0.3) is 0 Å². The maximum atomic E-state index is 12.9. The number of carbonyl (C=O) groups is 2. The summed E-state index contributed by atoms with van der Waals surface area (Å²) in [6.45, 7) is 4.67. The molecule has 1 N–H and O–H groups in total. The molecule has 5 nitrogen and oxygen atoms in total. The Morgan fingerprint density at radius 2 is 2.14 bits per heavy atom. The Kier molecular flexibility index (Phi) is 5.42. The number of ether oxygens (including phenoxy) is 1. The van der Waals surface area contributed by atoms with Gasteiger partial charge in [0.15, 0.2) is 6.10 Å². The third kappa shape index (κ3) is 3.78. The zero-order chi connectivity index (χ0) is 16.3. The van der Waals surface area contributed by atoms with Crippen LogP contribution in [0.4, 0.5) is 0 Å². The first kappa shape index (κ1) is 16.8. The summed E-state index contributed by atoms with van der Waals surface area (Å²) < 4.78 is 5.17. The highest BCUT2D eigenvalue weighted by molar-refractivity contribution is 6.30. The molecule has 1 heterocycles. The highest BCUT2D eigenvalue weighted by Gasteiger charge is 2.34. The van der Waals surface area contributed by atoms with Crippen molar-refractivity contribution in [3.63, 3.8) is 0 Å². The molecule has 1 aromatic carbocycles. The summed E-state index contributed by atoms with van der Waals surface area (Å²) in [6.07, 6.45) is -0.954. The number of amides is 1. The van der Waals surface area contributed by atoms with Crippen LogP contribution in [-0.2, 0) is 14.3 Å². The van der Waals surface area contributed by atoms with Gasteiger partial charge in [-0.3, -0.25) is 4.79 Å². The third-order valence-corrected chi connectivity index (χ3v) is 4.03. The summed E-state index contributed by atoms with van der Waals surface area (Å²) in [5, 5.41) is 9.64. The van der Waals surface area contributed by atoms with E-state index in [0.717, 1.165) is 5.56 Å². The Morgan fingerprint density at radius 3 is 2.73 bits per heavy atom. The molecule has 22 heavy (non-hydrogen) atoms. The Hall–Kier alpha value is -1.59. The normalized spacial score (nSPS) is 20.0. The second-order valence-electron chi connectivity index (χ2n) is 5.76. The minimum absolute atomic E-state index is 0.0770. The largest absolute Gasteiger partial charge is 0.479 e. The molecule has 0 saturated carbocycles. The monoisotopic (exact) mass is 325 g/mol. The molecule has 1 amide bonds. The number of benzene rings is 1. The van der Waals surface area contributed by atoms with Crippen LogP contribution in [0.2, 0.25) is 5.02 Å². The molecular formula is C16H20ClNO4. The number of morpholine rings is 1. The molecule has 1 fully saturated rings. The van der Waals surface area contributed by atoms with Gasteiger partial charge in [-0.25, -0.2) is 4.79 Å². The second-order valence-corrected chi connectivity index (χ2v) is 6.20. The Labute approximate surface area is 134 Å². The van der Waals surface area contributed by atoms with Gasteiger partial charge in [-0.05, 0) is 23.6 Å². The molecule has 1 aromatic rings. The maximum absolute atomic E-state index is 12.9. The molecule has 1 saturated heterocycles. The summed E-state index contributed by atoms with van der Waals surface area (Å²) in [7, 11) is 0. The van der Waals surface area contributed by atoms with E-state index in [-0.39, 0.29) is 30.9 Å². The number of aliphatic carboxylic acids is 1. The standard InChI is InChI=1S/C16H20ClNO4/c1-10(2)14(11-4-3-5-12(17)8-11)15(19)18-6-7-22-13(9-18)16(20)21/h3-5,8,10,13-14H,6-7,9H2,1-2H3,(H,20,21). The van der Waals surface area contributed by atoms with Crippen LogP contribution in [0, 0.1) is 5.92 Å². The van der Waals surface area contributed by atoms with Gasteiger partial charge in [-0.15, -0.1) is 0 Å². The van der Waals surface area contributed by atoms with E-state index in [1.807, 2.05) is 26.0 Å². The summed E-state index contributed by atoms with van der Waals surface area (Å²) in [4.78, 5) is 25.5. The molecule has 0 spiro atoms. The van der Waals surface area contributed by atoms with Crippen LogP contribution in [0.25, 0.3) is 0 Å². The van der Waals surface area contributed by atoms with Crippen molar-refractivity contribution in [2.75, 3.05) is 19.7 Å². The Balaban J connectivity index is 2.21. The molecule has 1 aliphatic rings. The fourth-order valence-corrected chi connectivity index (χ4v) is 2.91. The maximum Gasteiger partial charge on any atom is 0.334 e. The van der Waals surface area contributed by atoms with E-state index >= 15 is 0 Å². The third-order valence-electron chi connectivity index (χ3n) is 3.79. The van der Waals surface area contributed by atoms with Crippen LogP contribution in [0.5, 0.6) is 0 Å². The van der Waals surface area contributed by atoms with Crippen LogP contribution in [-0.4, -0.2) is 47.7 Å². The molecule has 0 bridgehead atoms. The van der Waals surface area contributed by atoms with Gasteiger partial charge in [0.1, 0.15) is 0 Å². The lowest BCUT2D eigenvalue weighted by Gasteiger charge is -2.34. The summed E-state index contributed by atoms with van der Waals surface area (Å²) in [6, 6.07) is 7.25. The summed E-state index contributed by atoms with van der Waals surface area (Å²) >= 11 is 6.03. The lowest BCUT2D eigenvalue weighted by molar-refractivity contribution is -0.160. The van der Waals surface area contributed by atoms with Gasteiger partial charge in [0.05, 0.1) is 19.1 Å². The van der Waals surface area contributed by atoms with E-state index in [1.54, 1.807) is 17.0 Å². The van der Waals surface area contributed by atoms with Gasteiger partial charge in [-0.1, -0.05) is 37.6 Å². The number of carboxylic acid groups (broad SMARTS) is 1. The van der Waals surface area contributed by atoms with Gasteiger partial charge < -0.3 is 14.7 Å². The van der Waals surface area contributed by atoms with Gasteiger partial charge in [0, 0.05) is 11.6 Å². The minimum atomic E-state index is -1.04. The number of hydrogen-bond donors (Lipinski definition) is 1. The van der Waals surface area contributed by atoms with Crippen molar-refractivity contribution in [1.82, 2.24) is 4.90 Å². The lowest BCUT2D eigenvalue weighted by atomic mass is 9.87. The van der Waals surface area contributed by atoms with Crippen molar-refractivity contribution in [1.29, 1.82) is 0 Å². The van der Waals surface area contributed by atoms with E-state index in [2.05, 4.69) is 0 Å². The average molecular weight is 326 g/mol. The van der Waals surface area contributed by atoms with Gasteiger partial charge in [-0.2, -0.15) is 0 Å². The van der Waals surface area contributed by atoms with E-state index in [1.165, 1.54) is 0 Å². The Bertz CT molecular complexity index is 561. The molecule has 2 rings (SSSR count). The molecule has 2 atom stereocenters. The van der Waals surface area contributed by atoms with E-state index < -0.39 is 12.1 Å². The topological polar surface area (TPSA) is 66.8 Å². The summed E-state index contributed by atoms with van der Waals surface area (Å²) in [5.74, 6) is -1.38. The minimum Gasteiger partial charge on any atom is -0.479 e. The molecule has 0 aromatic heterocycles. The first-order chi connectivity index (χ1) is 10.4. The Morgan fingerprint density at radius 1 is 1.41 bits per heavy atom. The molecule has 6 heteroatoms. The van der Waals surface area contributed by atoms with Crippen molar-refractivity contribution in [2.45, 2.75) is 25.9 Å². The number of carboxylic acids is 1. The predicted molar refractivity (Wildman–Crippen MR) is 83.0 cm³/mol. The number of carbonyl (C=O) groups excluding carboxylic acids is 1.